The van der Waals surface area contributed by atoms with E-state index in [1.54, 1.807) is 26.3 Å². The van der Waals surface area contributed by atoms with Crippen molar-refractivity contribution in [1.29, 1.82) is 0 Å². The van der Waals surface area contributed by atoms with Crippen LogP contribution in [-0.4, -0.2) is 43.9 Å². The fourth-order valence-electron chi connectivity index (χ4n) is 3.47. The van der Waals surface area contributed by atoms with Crippen molar-refractivity contribution in [2.45, 2.75) is 26.6 Å². The van der Waals surface area contributed by atoms with Gasteiger partial charge in [0.2, 0.25) is 5.78 Å². The maximum atomic E-state index is 12.8. The zero-order chi connectivity index (χ0) is 20.0. The van der Waals surface area contributed by atoms with Crippen molar-refractivity contribution in [3.63, 3.8) is 0 Å². The summed E-state index contributed by atoms with van der Waals surface area (Å²) in [6.07, 6.45) is 5.16. The summed E-state index contributed by atoms with van der Waals surface area (Å²) in [6.45, 7) is 3.25. The molecule has 0 amide bonds. The Hall–Kier alpha value is -4.02. The van der Waals surface area contributed by atoms with Crippen molar-refractivity contribution in [2.75, 3.05) is 5.73 Å². The quantitative estimate of drug-likeness (QED) is 0.464. The van der Waals surface area contributed by atoms with E-state index in [0.29, 0.717) is 42.3 Å². The number of hydrogen-bond donors (Lipinski definition) is 1. The number of aromatic nitrogens is 9. The Kier molecular flexibility index (Phi) is 3.86. The van der Waals surface area contributed by atoms with Gasteiger partial charge in [-0.1, -0.05) is 17.3 Å². The Morgan fingerprint density at radius 2 is 1.90 bits per heavy atom. The molecule has 0 saturated carbocycles. The third-order valence-corrected chi connectivity index (χ3v) is 4.76. The molecular formula is C18H18N10O. The molecule has 0 radical (unpaired) electrons. The predicted octanol–water partition coefficient (Wildman–Crippen LogP) is 0.531. The van der Waals surface area contributed by atoms with Gasteiger partial charge < -0.3 is 5.73 Å². The van der Waals surface area contributed by atoms with Crippen LogP contribution in [0.2, 0.25) is 0 Å². The van der Waals surface area contributed by atoms with Gasteiger partial charge >= 0.3 is 0 Å². The topological polar surface area (TPSA) is 127 Å². The number of nitrogens with two attached hydrogens (primary N) is 1. The number of fused-ring (bicyclic) bond motifs is 3. The number of rotatable bonds is 5. The Balaban J connectivity index is 1.55. The number of para-hydroxylation sites is 1. The highest BCUT2D eigenvalue weighted by molar-refractivity contribution is 5.80. The van der Waals surface area contributed by atoms with Gasteiger partial charge in [0.15, 0.2) is 5.82 Å². The largest absolute Gasteiger partial charge is 0.396 e. The molecule has 0 aliphatic rings. The van der Waals surface area contributed by atoms with Crippen LogP contribution >= 0.6 is 0 Å². The molecule has 0 saturated heterocycles. The molecule has 0 spiro atoms. The predicted molar refractivity (Wildman–Crippen MR) is 105 cm³/mol. The normalized spacial score (nSPS) is 11.6. The van der Waals surface area contributed by atoms with Gasteiger partial charge in [-0.25, -0.2) is 4.68 Å². The highest BCUT2D eigenvalue weighted by Gasteiger charge is 2.16. The Labute approximate surface area is 164 Å². The van der Waals surface area contributed by atoms with Crippen molar-refractivity contribution < 1.29 is 0 Å². The standard InChI is InChI=1S/C18H18N10O/c1-2-27-17(29)14-5-3-4-6-15(14)28-16(22-23-18(27)28)11-26-10-13(21-24-26)9-25-8-12(19)7-20-25/h3-8,10H,2,9,11,19H2,1H3. The second kappa shape index (κ2) is 6.55. The molecule has 0 fully saturated rings. The molecule has 0 aliphatic carbocycles. The van der Waals surface area contributed by atoms with Gasteiger partial charge in [-0.3, -0.25) is 18.4 Å². The van der Waals surface area contributed by atoms with Crippen LogP contribution in [-0.2, 0) is 19.6 Å². The van der Waals surface area contributed by atoms with Crippen LogP contribution in [0.4, 0.5) is 5.69 Å². The molecule has 2 N–H and O–H groups in total. The molecule has 29 heavy (non-hydrogen) atoms. The number of benzene rings is 1. The van der Waals surface area contributed by atoms with Gasteiger partial charge in [-0.2, -0.15) is 5.10 Å². The van der Waals surface area contributed by atoms with Crippen molar-refractivity contribution in [3.05, 3.63) is 64.7 Å². The van der Waals surface area contributed by atoms with E-state index >= 15 is 0 Å². The molecule has 0 bridgehead atoms. The molecule has 4 aromatic heterocycles. The fourth-order valence-corrected chi connectivity index (χ4v) is 3.47. The van der Waals surface area contributed by atoms with E-state index in [9.17, 15) is 4.79 Å². The van der Waals surface area contributed by atoms with Gasteiger partial charge in [0.25, 0.3) is 5.56 Å². The first-order valence-electron chi connectivity index (χ1n) is 9.16. The lowest BCUT2D eigenvalue weighted by Crippen LogP contribution is -2.23. The molecule has 0 unspecified atom stereocenters. The van der Waals surface area contributed by atoms with E-state index in [1.165, 1.54) is 0 Å². The van der Waals surface area contributed by atoms with Crippen LogP contribution in [0.5, 0.6) is 0 Å². The first kappa shape index (κ1) is 17.1. The number of aryl methyl sites for hydroxylation is 1. The molecular weight excluding hydrogens is 372 g/mol. The molecule has 146 valence electrons. The smallest absolute Gasteiger partial charge is 0.262 e. The van der Waals surface area contributed by atoms with Crippen LogP contribution in [0, 0.1) is 0 Å². The van der Waals surface area contributed by atoms with Gasteiger partial charge in [-0.05, 0) is 19.1 Å². The highest BCUT2D eigenvalue weighted by atomic mass is 16.1. The molecule has 0 aliphatic heterocycles. The summed E-state index contributed by atoms with van der Waals surface area (Å²) in [5.41, 5.74) is 7.73. The third kappa shape index (κ3) is 2.83. The minimum atomic E-state index is -0.0731. The summed E-state index contributed by atoms with van der Waals surface area (Å²) >= 11 is 0. The van der Waals surface area contributed by atoms with Crippen molar-refractivity contribution in [1.82, 2.24) is 43.9 Å². The van der Waals surface area contributed by atoms with Gasteiger partial charge in [0.05, 0.1) is 35.5 Å². The maximum absolute atomic E-state index is 12.8. The third-order valence-electron chi connectivity index (χ3n) is 4.76. The Morgan fingerprint density at radius 3 is 2.69 bits per heavy atom. The Morgan fingerprint density at radius 1 is 1.03 bits per heavy atom. The monoisotopic (exact) mass is 390 g/mol. The van der Waals surface area contributed by atoms with E-state index < -0.39 is 0 Å². The summed E-state index contributed by atoms with van der Waals surface area (Å²) in [4.78, 5) is 12.8. The first-order chi connectivity index (χ1) is 14.1. The second-order valence-electron chi connectivity index (χ2n) is 6.70. The SMILES string of the molecule is CCn1c(=O)c2ccccc2n2c(Cn3cc(Cn4cc(N)cn4)nn3)nnc12. The molecule has 11 heteroatoms. The van der Waals surface area contributed by atoms with Crippen molar-refractivity contribution in [2.24, 2.45) is 0 Å². The number of hydrogen-bond acceptors (Lipinski definition) is 7. The minimum Gasteiger partial charge on any atom is -0.396 e. The maximum Gasteiger partial charge on any atom is 0.262 e. The summed E-state index contributed by atoms with van der Waals surface area (Å²) < 4.78 is 6.90. The lowest BCUT2D eigenvalue weighted by atomic mass is 10.2. The van der Waals surface area contributed by atoms with Crippen molar-refractivity contribution in [3.8, 4) is 0 Å². The lowest BCUT2D eigenvalue weighted by Gasteiger charge is -2.09. The number of nitrogen functional groups attached to an aromatic ring is 1. The average Bonchev–Trinajstić information content (AvgIpc) is 3.44. The van der Waals surface area contributed by atoms with E-state index in [2.05, 4.69) is 25.6 Å². The molecule has 5 rings (SSSR count). The van der Waals surface area contributed by atoms with E-state index in [1.807, 2.05) is 41.8 Å². The minimum absolute atomic E-state index is 0.0731. The van der Waals surface area contributed by atoms with Gasteiger partial charge in [0, 0.05) is 12.7 Å². The molecule has 5 aromatic rings. The van der Waals surface area contributed by atoms with E-state index in [-0.39, 0.29) is 5.56 Å². The van der Waals surface area contributed by atoms with Crippen LogP contribution in [0.3, 0.4) is 0 Å². The first-order valence-corrected chi connectivity index (χ1v) is 9.16. The summed E-state index contributed by atoms with van der Waals surface area (Å²) in [7, 11) is 0. The summed E-state index contributed by atoms with van der Waals surface area (Å²) in [6, 6.07) is 7.46. The average molecular weight is 390 g/mol. The van der Waals surface area contributed by atoms with Gasteiger partial charge in [0.1, 0.15) is 12.2 Å². The van der Waals surface area contributed by atoms with Crippen LogP contribution in [0.1, 0.15) is 18.4 Å². The molecule has 0 atom stereocenters. The van der Waals surface area contributed by atoms with E-state index in [0.717, 1.165) is 11.2 Å². The summed E-state index contributed by atoms with van der Waals surface area (Å²) in [5, 5.41) is 21.7. The zero-order valence-electron chi connectivity index (χ0n) is 15.7. The zero-order valence-corrected chi connectivity index (χ0v) is 15.7. The van der Waals surface area contributed by atoms with Crippen molar-refractivity contribution >= 4 is 22.4 Å². The summed E-state index contributed by atoms with van der Waals surface area (Å²) in [5.74, 6) is 1.18. The highest BCUT2D eigenvalue weighted by Crippen LogP contribution is 2.15. The van der Waals surface area contributed by atoms with Crippen LogP contribution in [0.15, 0.2) is 47.7 Å². The van der Waals surface area contributed by atoms with Gasteiger partial charge in [-0.15, -0.1) is 15.3 Å². The molecule has 11 nitrogen and oxygen atoms in total. The van der Waals surface area contributed by atoms with Crippen LogP contribution < -0.4 is 11.3 Å². The lowest BCUT2D eigenvalue weighted by molar-refractivity contribution is 0.620. The number of anilines is 1. The van der Waals surface area contributed by atoms with Crippen LogP contribution in [0.25, 0.3) is 16.7 Å². The molecule has 1 aromatic carbocycles. The van der Waals surface area contributed by atoms with E-state index in [4.69, 9.17) is 5.73 Å². The second-order valence-corrected chi connectivity index (χ2v) is 6.70. The Bertz CT molecular complexity index is 1390. The fraction of sp³-hybridized carbons (Fsp3) is 0.222. The number of nitrogens with zero attached hydrogens (tertiary/aromatic N) is 9. The molecule has 4 heterocycles.